The smallest absolute Gasteiger partial charge is 0.138 e. The van der Waals surface area contributed by atoms with Crippen LogP contribution in [0.2, 0.25) is 0 Å². The minimum absolute atomic E-state index is 0.0225. The predicted octanol–water partition coefficient (Wildman–Crippen LogP) is 0.661. The largest absolute Gasteiger partial charge is 0.277 e. The van der Waals surface area contributed by atoms with Gasteiger partial charge in [0.1, 0.15) is 12.7 Å². The second-order valence-electron chi connectivity index (χ2n) is 8.98. The van der Waals surface area contributed by atoms with Gasteiger partial charge < -0.3 is 0 Å². The third-order valence-corrected chi connectivity index (χ3v) is 7.60. The SMILES string of the molecule is CC(C)(CCS(=O)CCCS(=O)CCC(C)(C)Cn1cnnn1)CN1C=NNN1. The second-order valence-corrected chi connectivity index (χ2v) is 12.4. The molecule has 2 rings (SSSR count). The zero-order valence-electron chi connectivity index (χ0n) is 17.8. The molecule has 0 fully saturated rings. The van der Waals surface area contributed by atoms with E-state index in [-0.39, 0.29) is 10.8 Å². The highest BCUT2D eigenvalue weighted by Gasteiger charge is 2.23. The maximum Gasteiger partial charge on any atom is 0.138 e. The first-order valence-electron chi connectivity index (χ1n) is 9.86. The Morgan fingerprint density at radius 3 is 2.07 bits per heavy atom. The lowest BCUT2D eigenvalue weighted by molar-refractivity contribution is 0.196. The summed E-state index contributed by atoms with van der Waals surface area (Å²) < 4.78 is 26.3. The van der Waals surface area contributed by atoms with E-state index in [9.17, 15) is 8.42 Å². The summed E-state index contributed by atoms with van der Waals surface area (Å²) in [5.41, 5.74) is 5.60. The van der Waals surface area contributed by atoms with E-state index < -0.39 is 21.6 Å². The van der Waals surface area contributed by atoms with Crippen LogP contribution in [0.1, 0.15) is 47.0 Å². The van der Waals surface area contributed by atoms with Crippen LogP contribution in [0, 0.1) is 10.8 Å². The van der Waals surface area contributed by atoms with Crippen molar-refractivity contribution in [3.63, 3.8) is 0 Å². The Balaban J connectivity index is 1.57. The number of rotatable bonds is 14. The molecular weight excluding hydrogens is 412 g/mol. The molecule has 0 amide bonds. The Morgan fingerprint density at radius 2 is 1.55 bits per heavy atom. The van der Waals surface area contributed by atoms with Crippen molar-refractivity contribution >= 4 is 27.9 Å². The third kappa shape index (κ3) is 9.77. The lowest BCUT2D eigenvalue weighted by Gasteiger charge is -2.28. The minimum atomic E-state index is -0.888. The Morgan fingerprint density at radius 1 is 0.931 bits per heavy atom. The second kappa shape index (κ2) is 11.1. The molecule has 12 heteroatoms. The fourth-order valence-corrected chi connectivity index (χ4v) is 6.06. The number of nitrogens with one attached hydrogen (secondary N) is 2. The number of hydrogen-bond acceptors (Lipinski definition) is 9. The maximum absolute atomic E-state index is 12.3. The summed E-state index contributed by atoms with van der Waals surface area (Å²) in [6, 6.07) is 0. The molecule has 166 valence electrons. The molecule has 1 aliphatic heterocycles. The number of aromatic nitrogens is 4. The van der Waals surface area contributed by atoms with Gasteiger partial charge in [0.25, 0.3) is 0 Å². The lowest BCUT2D eigenvalue weighted by Crippen LogP contribution is -2.43. The van der Waals surface area contributed by atoms with Crippen molar-refractivity contribution in [2.45, 2.75) is 53.5 Å². The van der Waals surface area contributed by atoms with Crippen molar-refractivity contribution in [3.05, 3.63) is 6.33 Å². The zero-order chi connectivity index (χ0) is 21.3. The first kappa shape index (κ1) is 23.9. The molecule has 0 aromatic carbocycles. The van der Waals surface area contributed by atoms with Crippen molar-refractivity contribution in [3.8, 4) is 0 Å². The molecule has 10 nitrogen and oxygen atoms in total. The van der Waals surface area contributed by atoms with Gasteiger partial charge in [-0.1, -0.05) is 27.7 Å². The van der Waals surface area contributed by atoms with E-state index >= 15 is 0 Å². The Hall–Kier alpha value is -1.40. The zero-order valence-corrected chi connectivity index (χ0v) is 19.5. The molecule has 0 saturated carbocycles. The molecule has 1 aromatic rings. The molecule has 2 heterocycles. The number of hydrogen-bond donors (Lipinski definition) is 2. The number of hydrazine groups is 2. The van der Waals surface area contributed by atoms with Gasteiger partial charge >= 0.3 is 0 Å². The maximum atomic E-state index is 12.3. The van der Waals surface area contributed by atoms with E-state index in [1.54, 1.807) is 17.3 Å². The molecule has 2 atom stereocenters. The fraction of sp³-hybridized carbons (Fsp3) is 0.882. The van der Waals surface area contributed by atoms with Crippen LogP contribution in [-0.2, 0) is 28.1 Å². The highest BCUT2D eigenvalue weighted by Crippen LogP contribution is 2.23. The van der Waals surface area contributed by atoms with E-state index in [1.165, 1.54) is 0 Å². The molecule has 1 aromatic heterocycles. The highest BCUT2D eigenvalue weighted by molar-refractivity contribution is 7.85. The van der Waals surface area contributed by atoms with Gasteiger partial charge in [0.15, 0.2) is 0 Å². The van der Waals surface area contributed by atoms with E-state index in [0.29, 0.717) is 29.6 Å². The number of nitrogens with zero attached hydrogens (tertiary/aromatic N) is 6. The van der Waals surface area contributed by atoms with Crippen molar-refractivity contribution < 1.29 is 8.42 Å². The van der Waals surface area contributed by atoms with Crippen molar-refractivity contribution in [2.75, 3.05) is 29.6 Å². The van der Waals surface area contributed by atoms with Gasteiger partial charge in [-0.25, -0.2) is 10.2 Å². The van der Waals surface area contributed by atoms with E-state index in [4.69, 9.17) is 0 Å². The van der Waals surface area contributed by atoms with Gasteiger partial charge in [0.2, 0.25) is 0 Å². The van der Waals surface area contributed by atoms with Crippen LogP contribution in [-0.4, -0.2) is 69.5 Å². The van der Waals surface area contributed by atoms with Crippen LogP contribution in [0.5, 0.6) is 0 Å². The molecule has 0 bridgehead atoms. The van der Waals surface area contributed by atoms with Crippen LogP contribution in [0.25, 0.3) is 0 Å². The number of hydrazone groups is 1. The quantitative estimate of drug-likeness (QED) is 0.428. The Bertz CT molecular complexity index is 694. The van der Waals surface area contributed by atoms with Gasteiger partial charge in [0, 0.05) is 57.7 Å². The summed E-state index contributed by atoms with van der Waals surface area (Å²) in [5.74, 6) is 2.53. The van der Waals surface area contributed by atoms with Crippen LogP contribution >= 0.6 is 0 Å². The van der Waals surface area contributed by atoms with Crippen LogP contribution in [0.15, 0.2) is 11.4 Å². The molecule has 0 saturated heterocycles. The molecule has 0 radical (unpaired) electrons. The third-order valence-electron chi connectivity index (χ3n) is 4.79. The predicted molar refractivity (Wildman–Crippen MR) is 116 cm³/mol. The van der Waals surface area contributed by atoms with Gasteiger partial charge in [-0.2, -0.15) is 5.10 Å². The molecule has 0 aliphatic carbocycles. The molecule has 1 aliphatic rings. The van der Waals surface area contributed by atoms with E-state index in [0.717, 1.165) is 25.8 Å². The minimum Gasteiger partial charge on any atom is -0.277 e. The molecular formula is C17H34N8O2S2. The normalized spacial score (nSPS) is 16.8. The Labute approximate surface area is 178 Å². The average molecular weight is 447 g/mol. The summed E-state index contributed by atoms with van der Waals surface area (Å²) in [5, 5.41) is 17.0. The summed E-state index contributed by atoms with van der Waals surface area (Å²) in [4.78, 5) is 0. The monoisotopic (exact) mass is 446 g/mol. The fourth-order valence-electron chi connectivity index (χ4n) is 2.98. The van der Waals surface area contributed by atoms with Crippen molar-refractivity contribution in [2.24, 2.45) is 15.9 Å². The molecule has 29 heavy (non-hydrogen) atoms. The summed E-state index contributed by atoms with van der Waals surface area (Å²) in [6.07, 6.45) is 5.73. The average Bonchev–Trinajstić information content (AvgIpc) is 3.32. The highest BCUT2D eigenvalue weighted by atomic mass is 32.2. The Kier molecular flexibility index (Phi) is 9.15. The van der Waals surface area contributed by atoms with Crippen molar-refractivity contribution in [1.82, 2.24) is 36.3 Å². The first-order chi connectivity index (χ1) is 13.7. The van der Waals surface area contributed by atoms with Crippen LogP contribution in [0.4, 0.5) is 0 Å². The number of tetrazole rings is 1. The topological polar surface area (TPSA) is 117 Å². The van der Waals surface area contributed by atoms with Gasteiger partial charge in [-0.05, 0) is 40.5 Å². The van der Waals surface area contributed by atoms with Crippen LogP contribution < -0.4 is 11.1 Å². The van der Waals surface area contributed by atoms with E-state index in [2.05, 4.69) is 59.4 Å². The lowest BCUT2D eigenvalue weighted by atomic mass is 9.90. The van der Waals surface area contributed by atoms with Crippen LogP contribution in [0.3, 0.4) is 0 Å². The molecule has 2 N–H and O–H groups in total. The van der Waals surface area contributed by atoms with Gasteiger partial charge in [0.05, 0.1) is 0 Å². The van der Waals surface area contributed by atoms with Gasteiger partial charge in [-0.15, -0.1) is 10.6 Å². The summed E-state index contributed by atoms with van der Waals surface area (Å²) in [6.45, 7) is 10.1. The van der Waals surface area contributed by atoms with E-state index in [1.807, 2.05) is 5.01 Å². The first-order valence-corrected chi connectivity index (χ1v) is 12.8. The standard InChI is InChI=1S/C17H34N8O2S2/c1-16(2,12-24-14-18-20-22-24)6-10-28(26)8-5-9-29(27)11-7-17(3,4)13-25-15-19-21-23-25/h14-15,20,22H,5-13H2,1-4H3. The summed E-state index contributed by atoms with van der Waals surface area (Å²) in [7, 11) is -1.76. The summed E-state index contributed by atoms with van der Waals surface area (Å²) >= 11 is 0. The van der Waals surface area contributed by atoms with Gasteiger partial charge in [-0.3, -0.25) is 13.4 Å². The molecule has 2 unspecified atom stereocenters. The molecule has 0 spiro atoms. The van der Waals surface area contributed by atoms with Crippen molar-refractivity contribution in [1.29, 1.82) is 0 Å².